The van der Waals surface area contributed by atoms with Gasteiger partial charge in [-0.1, -0.05) is 23.2 Å². The Kier molecular flexibility index (Phi) is 6.52. The van der Waals surface area contributed by atoms with Crippen LogP contribution in [-0.2, 0) is 9.53 Å². The summed E-state index contributed by atoms with van der Waals surface area (Å²) < 4.78 is 11.1. The summed E-state index contributed by atoms with van der Waals surface area (Å²) in [5.74, 6) is -0.677. The molecule has 0 unspecified atom stereocenters. The zero-order valence-electron chi connectivity index (χ0n) is 12.2. The number of carboxylic acids is 1. The fourth-order valence-electron chi connectivity index (χ4n) is 1.51. The van der Waals surface area contributed by atoms with Gasteiger partial charge in [-0.2, -0.15) is 0 Å². The molecule has 0 saturated heterocycles. The molecule has 0 heterocycles. The Morgan fingerprint density at radius 1 is 1.29 bits per heavy atom. The minimum Gasteiger partial charge on any atom is -0.489 e. The first-order valence-corrected chi connectivity index (χ1v) is 7.11. The Labute approximate surface area is 134 Å². The van der Waals surface area contributed by atoms with Crippen molar-refractivity contribution in [3.63, 3.8) is 0 Å². The number of hydrogen-bond donors (Lipinski definition) is 1. The van der Waals surface area contributed by atoms with Crippen molar-refractivity contribution < 1.29 is 19.4 Å². The lowest BCUT2D eigenvalue weighted by Crippen LogP contribution is -2.22. The zero-order chi connectivity index (χ0) is 16.0. The molecule has 4 nitrogen and oxygen atoms in total. The standard InChI is InChI=1S/C15H18Cl2O4/c1-15(2,3)21-7-6-20-14-10(4-5-13(18)19)8-11(16)9-12(14)17/h4-5,8-9H,6-7H2,1-3H3,(H,18,19)/b5-4+. The average Bonchev–Trinajstić information content (AvgIpc) is 2.32. The van der Waals surface area contributed by atoms with Crippen molar-refractivity contribution in [1.82, 2.24) is 0 Å². The van der Waals surface area contributed by atoms with Crippen LogP contribution in [0.5, 0.6) is 5.75 Å². The number of hydrogen-bond acceptors (Lipinski definition) is 3. The van der Waals surface area contributed by atoms with Gasteiger partial charge >= 0.3 is 5.97 Å². The van der Waals surface area contributed by atoms with E-state index in [1.807, 2.05) is 20.8 Å². The predicted octanol–water partition coefficient (Wildman–Crippen LogP) is 4.29. The Hall–Kier alpha value is -1.23. The van der Waals surface area contributed by atoms with E-state index in [1.54, 1.807) is 12.1 Å². The highest BCUT2D eigenvalue weighted by Crippen LogP contribution is 2.33. The van der Waals surface area contributed by atoms with E-state index < -0.39 is 5.97 Å². The van der Waals surface area contributed by atoms with Crippen molar-refractivity contribution in [2.75, 3.05) is 13.2 Å². The van der Waals surface area contributed by atoms with Crippen LogP contribution in [0.4, 0.5) is 0 Å². The van der Waals surface area contributed by atoms with Gasteiger partial charge in [0.15, 0.2) is 0 Å². The van der Waals surface area contributed by atoms with Crippen LogP contribution < -0.4 is 4.74 Å². The smallest absolute Gasteiger partial charge is 0.328 e. The Morgan fingerprint density at radius 2 is 1.95 bits per heavy atom. The molecule has 0 amide bonds. The molecule has 116 valence electrons. The van der Waals surface area contributed by atoms with Crippen molar-refractivity contribution in [3.8, 4) is 5.75 Å². The molecule has 1 aromatic carbocycles. The highest BCUT2D eigenvalue weighted by molar-refractivity contribution is 6.35. The fraction of sp³-hybridized carbons (Fsp3) is 0.400. The SMILES string of the molecule is CC(C)(C)OCCOc1c(Cl)cc(Cl)cc1/C=C/C(=O)O. The number of carboxylic acid groups (broad SMARTS) is 1. The van der Waals surface area contributed by atoms with E-state index in [0.29, 0.717) is 34.6 Å². The molecule has 21 heavy (non-hydrogen) atoms. The Morgan fingerprint density at radius 3 is 2.52 bits per heavy atom. The van der Waals surface area contributed by atoms with E-state index in [-0.39, 0.29) is 5.60 Å². The molecule has 0 aromatic heterocycles. The summed E-state index contributed by atoms with van der Waals surface area (Å²) in [6.45, 7) is 6.53. The number of aliphatic carboxylic acids is 1. The monoisotopic (exact) mass is 332 g/mol. The van der Waals surface area contributed by atoms with Crippen LogP contribution in [0.1, 0.15) is 26.3 Å². The van der Waals surface area contributed by atoms with Crippen LogP contribution in [0, 0.1) is 0 Å². The molecule has 0 aliphatic rings. The van der Waals surface area contributed by atoms with Gasteiger partial charge in [-0.05, 0) is 39.0 Å². The second-order valence-electron chi connectivity index (χ2n) is 5.29. The van der Waals surface area contributed by atoms with E-state index in [0.717, 1.165) is 6.08 Å². The van der Waals surface area contributed by atoms with Crippen LogP contribution in [0.3, 0.4) is 0 Å². The normalized spacial score (nSPS) is 11.9. The van der Waals surface area contributed by atoms with E-state index in [2.05, 4.69) is 0 Å². The van der Waals surface area contributed by atoms with Gasteiger partial charge in [0.25, 0.3) is 0 Å². The molecule has 1 rings (SSSR count). The number of carbonyl (C=O) groups is 1. The maximum absolute atomic E-state index is 10.6. The molecule has 0 saturated carbocycles. The lowest BCUT2D eigenvalue weighted by Gasteiger charge is -2.20. The fourth-order valence-corrected chi connectivity index (χ4v) is 2.07. The number of ether oxygens (including phenoxy) is 2. The first-order valence-electron chi connectivity index (χ1n) is 6.36. The summed E-state index contributed by atoms with van der Waals surface area (Å²) in [7, 11) is 0. The van der Waals surface area contributed by atoms with Gasteiger partial charge in [-0.25, -0.2) is 4.79 Å². The quantitative estimate of drug-likeness (QED) is 0.623. The third kappa shape index (κ3) is 6.85. The van der Waals surface area contributed by atoms with Crippen LogP contribution >= 0.6 is 23.2 Å². The predicted molar refractivity (Wildman–Crippen MR) is 84.3 cm³/mol. The molecule has 6 heteroatoms. The third-order valence-electron chi connectivity index (χ3n) is 2.31. The summed E-state index contributed by atoms with van der Waals surface area (Å²) in [6, 6.07) is 3.13. The number of rotatable bonds is 6. The molecular formula is C15H18Cl2O4. The first kappa shape index (κ1) is 17.8. The van der Waals surface area contributed by atoms with Gasteiger partial charge in [0.05, 0.1) is 17.2 Å². The van der Waals surface area contributed by atoms with E-state index >= 15 is 0 Å². The summed E-state index contributed by atoms with van der Waals surface area (Å²) >= 11 is 12.0. The van der Waals surface area contributed by atoms with Crippen LogP contribution in [0.2, 0.25) is 10.0 Å². The van der Waals surface area contributed by atoms with E-state index in [9.17, 15) is 4.79 Å². The van der Waals surface area contributed by atoms with E-state index in [1.165, 1.54) is 6.08 Å². The molecule has 0 radical (unpaired) electrons. The van der Waals surface area contributed by atoms with Crippen molar-refractivity contribution >= 4 is 35.2 Å². The highest BCUT2D eigenvalue weighted by Gasteiger charge is 2.12. The number of halogens is 2. The van der Waals surface area contributed by atoms with Gasteiger partial charge in [0.1, 0.15) is 12.4 Å². The van der Waals surface area contributed by atoms with Gasteiger partial charge in [-0.15, -0.1) is 0 Å². The minimum atomic E-state index is -1.06. The van der Waals surface area contributed by atoms with Crippen molar-refractivity contribution in [2.24, 2.45) is 0 Å². The molecule has 0 aliphatic carbocycles. The van der Waals surface area contributed by atoms with Crippen LogP contribution in [0.15, 0.2) is 18.2 Å². The second kappa shape index (κ2) is 7.69. The summed E-state index contributed by atoms with van der Waals surface area (Å²) in [5.41, 5.74) is 0.254. The largest absolute Gasteiger partial charge is 0.489 e. The van der Waals surface area contributed by atoms with Crippen LogP contribution in [-0.4, -0.2) is 29.9 Å². The lowest BCUT2D eigenvalue weighted by molar-refractivity contribution is -0.131. The molecule has 0 bridgehead atoms. The minimum absolute atomic E-state index is 0.251. The molecule has 1 aromatic rings. The van der Waals surface area contributed by atoms with Crippen molar-refractivity contribution in [1.29, 1.82) is 0 Å². The third-order valence-corrected chi connectivity index (χ3v) is 2.81. The highest BCUT2D eigenvalue weighted by atomic mass is 35.5. The summed E-state index contributed by atoms with van der Waals surface area (Å²) in [6.07, 6.45) is 2.39. The maximum Gasteiger partial charge on any atom is 0.328 e. The number of benzene rings is 1. The van der Waals surface area contributed by atoms with E-state index in [4.69, 9.17) is 37.8 Å². The van der Waals surface area contributed by atoms with Gasteiger partial charge in [0.2, 0.25) is 0 Å². The lowest BCUT2D eigenvalue weighted by atomic mass is 10.2. The topological polar surface area (TPSA) is 55.8 Å². The Balaban J connectivity index is 2.82. The average molecular weight is 333 g/mol. The molecule has 0 atom stereocenters. The Bertz CT molecular complexity index is 533. The summed E-state index contributed by atoms with van der Waals surface area (Å²) in [4.78, 5) is 10.6. The summed E-state index contributed by atoms with van der Waals surface area (Å²) in [5, 5.41) is 9.42. The van der Waals surface area contributed by atoms with Gasteiger partial charge < -0.3 is 14.6 Å². The van der Waals surface area contributed by atoms with Gasteiger partial charge in [-0.3, -0.25) is 0 Å². The van der Waals surface area contributed by atoms with Crippen molar-refractivity contribution in [2.45, 2.75) is 26.4 Å². The molecule has 0 spiro atoms. The molecule has 0 aliphatic heterocycles. The van der Waals surface area contributed by atoms with Gasteiger partial charge in [0, 0.05) is 16.7 Å². The maximum atomic E-state index is 10.6. The molecule has 1 N–H and O–H groups in total. The molecular weight excluding hydrogens is 315 g/mol. The zero-order valence-corrected chi connectivity index (χ0v) is 13.7. The van der Waals surface area contributed by atoms with Crippen molar-refractivity contribution in [3.05, 3.63) is 33.8 Å². The molecule has 0 fully saturated rings. The second-order valence-corrected chi connectivity index (χ2v) is 6.13. The van der Waals surface area contributed by atoms with Crippen LogP contribution in [0.25, 0.3) is 6.08 Å². The first-order chi connectivity index (χ1) is 9.69.